The van der Waals surface area contributed by atoms with E-state index in [-0.39, 0.29) is 24.3 Å². The molecule has 0 radical (unpaired) electrons. The number of hydrogen-bond donors (Lipinski definition) is 1. The van der Waals surface area contributed by atoms with E-state index < -0.39 is 0 Å². The quantitative estimate of drug-likeness (QED) is 0.911. The number of likely N-dealkylation sites (N-methyl/N-ethyl adjacent to an activating group) is 1. The van der Waals surface area contributed by atoms with Gasteiger partial charge in [-0.15, -0.1) is 0 Å². The van der Waals surface area contributed by atoms with E-state index in [9.17, 15) is 9.59 Å². The molecule has 0 saturated carbocycles. The van der Waals surface area contributed by atoms with Crippen molar-refractivity contribution in [3.8, 4) is 5.75 Å². The third-order valence-corrected chi connectivity index (χ3v) is 4.37. The SMILES string of the molecule is CN(CC(=O)Nc1ccccc1)C(=O)CC1CCOc2ccccc21. The van der Waals surface area contributed by atoms with Gasteiger partial charge < -0.3 is 15.0 Å². The Morgan fingerprint density at radius 2 is 1.84 bits per heavy atom. The minimum absolute atomic E-state index is 0.0371. The highest BCUT2D eigenvalue weighted by atomic mass is 16.5. The zero-order valence-corrected chi connectivity index (χ0v) is 14.3. The Kier molecular flexibility index (Phi) is 5.33. The number of carbonyl (C=O) groups excluding carboxylic acids is 2. The first-order valence-electron chi connectivity index (χ1n) is 8.44. The van der Waals surface area contributed by atoms with Crippen LogP contribution in [-0.4, -0.2) is 36.9 Å². The maximum absolute atomic E-state index is 12.5. The van der Waals surface area contributed by atoms with Crippen molar-refractivity contribution in [3.05, 3.63) is 60.2 Å². The van der Waals surface area contributed by atoms with E-state index in [1.807, 2.05) is 54.6 Å². The second kappa shape index (κ2) is 7.83. The lowest BCUT2D eigenvalue weighted by molar-refractivity contribution is -0.133. The van der Waals surface area contributed by atoms with Crippen LogP contribution in [0.5, 0.6) is 5.75 Å². The van der Waals surface area contributed by atoms with Crippen LogP contribution in [0.15, 0.2) is 54.6 Å². The lowest BCUT2D eigenvalue weighted by atomic mass is 9.90. The summed E-state index contributed by atoms with van der Waals surface area (Å²) in [5, 5.41) is 2.79. The van der Waals surface area contributed by atoms with Gasteiger partial charge in [-0.05, 0) is 36.1 Å². The van der Waals surface area contributed by atoms with Gasteiger partial charge in [0.25, 0.3) is 0 Å². The maximum Gasteiger partial charge on any atom is 0.243 e. The largest absolute Gasteiger partial charge is 0.493 e. The molecule has 0 aromatic heterocycles. The highest BCUT2D eigenvalue weighted by molar-refractivity contribution is 5.94. The zero-order valence-electron chi connectivity index (χ0n) is 14.3. The fourth-order valence-corrected chi connectivity index (χ4v) is 3.02. The molecule has 2 amide bonds. The summed E-state index contributed by atoms with van der Waals surface area (Å²) < 4.78 is 5.64. The van der Waals surface area contributed by atoms with Gasteiger partial charge in [0.1, 0.15) is 5.75 Å². The van der Waals surface area contributed by atoms with Gasteiger partial charge in [-0.2, -0.15) is 0 Å². The summed E-state index contributed by atoms with van der Waals surface area (Å²) in [6, 6.07) is 17.1. The number of benzene rings is 2. The van der Waals surface area contributed by atoms with Crippen molar-refractivity contribution in [2.45, 2.75) is 18.8 Å². The van der Waals surface area contributed by atoms with Crippen LogP contribution in [0.4, 0.5) is 5.69 Å². The summed E-state index contributed by atoms with van der Waals surface area (Å²) in [6.07, 6.45) is 1.20. The lowest BCUT2D eigenvalue weighted by Gasteiger charge is -2.27. The van der Waals surface area contributed by atoms with E-state index >= 15 is 0 Å². The predicted octanol–water partition coefficient (Wildman–Crippen LogP) is 3.04. The van der Waals surface area contributed by atoms with E-state index in [1.54, 1.807) is 7.05 Å². The van der Waals surface area contributed by atoms with Gasteiger partial charge in [-0.1, -0.05) is 36.4 Å². The standard InChI is InChI=1S/C20H22N2O3/c1-22(14-19(23)21-16-7-3-2-4-8-16)20(24)13-15-11-12-25-18-10-6-5-9-17(15)18/h2-10,15H,11-14H2,1H3,(H,21,23). The summed E-state index contributed by atoms with van der Waals surface area (Å²) in [6.45, 7) is 0.658. The summed E-state index contributed by atoms with van der Waals surface area (Å²) in [7, 11) is 1.66. The molecular formula is C20H22N2O3. The van der Waals surface area contributed by atoms with Crippen LogP contribution in [0.1, 0.15) is 24.3 Å². The first kappa shape index (κ1) is 17.0. The van der Waals surface area contributed by atoms with Gasteiger partial charge in [0, 0.05) is 19.2 Å². The molecule has 0 spiro atoms. The van der Waals surface area contributed by atoms with Crippen LogP contribution in [-0.2, 0) is 9.59 Å². The minimum Gasteiger partial charge on any atom is -0.493 e. The summed E-state index contributed by atoms with van der Waals surface area (Å²) in [5.74, 6) is 0.757. The van der Waals surface area contributed by atoms with E-state index in [4.69, 9.17) is 4.74 Å². The van der Waals surface area contributed by atoms with Crippen molar-refractivity contribution < 1.29 is 14.3 Å². The van der Waals surface area contributed by atoms with E-state index in [0.717, 1.165) is 23.4 Å². The normalized spacial score (nSPS) is 15.6. The van der Waals surface area contributed by atoms with Crippen molar-refractivity contribution >= 4 is 17.5 Å². The third kappa shape index (κ3) is 4.38. The van der Waals surface area contributed by atoms with Crippen LogP contribution in [0.3, 0.4) is 0 Å². The number of anilines is 1. The third-order valence-electron chi connectivity index (χ3n) is 4.37. The number of fused-ring (bicyclic) bond motifs is 1. The Hall–Kier alpha value is -2.82. The molecule has 0 aliphatic carbocycles. The summed E-state index contributed by atoms with van der Waals surface area (Å²) in [4.78, 5) is 26.1. The average Bonchev–Trinajstić information content (AvgIpc) is 2.62. The Morgan fingerprint density at radius 3 is 2.64 bits per heavy atom. The van der Waals surface area contributed by atoms with Gasteiger partial charge in [-0.3, -0.25) is 9.59 Å². The molecule has 5 heteroatoms. The Balaban J connectivity index is 1.55. The molecule has 1 aliphatic rings. The van der Waals surface area contributed by atoms with Gasteiger partial charge >= 0.3 is 0 Å². The number of nitrogens with one attached hydrogen (secondary N) is 1. The number of hydrogen-bond acceptors (Lipinski definition) is 3. The number of amides is 2. The smallest absolute Gasteiger partial charge is 0.243 e. The van der Waals surface area contributed by atoms with E-state index in [0.29, 0.717) is 13.0 Å². The molecule has 2 aromatic rings. The van der Waals surface area contributed by atoms with Crippen LogP contribution < -0.4 is 10.1 Å². The molecule has 1 unspecified atom stereocenters. The monoisotopic (exact) mass is 338 g/mol. The number of para-hydroxylation sites is 2. The van der Waals surface area contributed by atoms with Crippen molar-refractivity contribution in [2.75, 3.05) is 25.5 Å². The van der Waals surface area contributed by atoms with Gasteiger partial charge in [0.2, 0.25) is 11.8 Å². The molecular weight excluding hydrogens is 316 g/mol. The topological polar surface area (TPSA) is 58.6 Å². The van der Waals surface area contributed by atoms with E-state index in [2.05, 4.69) is 5.32 Å². The fourth-order valence-electron chi connectivity index (χ4n) is 3.02. The summed E-state index contributed by atoms with van der Waals surface area (Å²) in [5.41, 5.74) is 1.80. The Morgan fingerprint density at radius 1 is 1.12 bits per heavy atom. The second-order valence-corrected chi connectivity index (χ2v) is 6.24. The molecule has 130 valence electrons. The van der Waals surface area contributed by atoms with Gasteiger partial charge in [0.05, 0.1) is 13.2 Å². The molecule has 1 N–H and O–H groups in total. The first-order valence-corrected chi connectivity index (χ1v) is 8.44. The first-order chi connectivity index (χ1) is 12.1. The van der Waals surface area contributed by atoms with Gasteiger partial charge in [0.15, 0.2) is 0 Å². The number of ether oxygens (including phenoxy) is 1. The number of carbonyl (C=O) groups is 2. The minimum atomic E-state index is -0.200. The number of nitrogens with zero attached hydrogens (tertiary/aromatic N) is 1. The maximum atomic E-state index is 12.5. The molecule has 3 rings (SSSR count). The predicted molar refractivity (Wildman–Crippen MR) is 96.6 cm³/mol. The van der Waals surface area contributed by atoms with Crippen LogP contribution in [0.25, 0.3) is 0 Å². The highest BCUT2D eigenvalue weighted by Crippen LogP contribution is 2.35. The average molecular weight is 338 g/mol. The zero-order chi connectivity index (χ0) is 17.6. The van der Waals surface area contributed by atoms with Crippen molar-refractivity contribution in [1.29, 1.82) is 0 Å². The van der Waals surface area contributed by atoms with Crippen LogP contribution in [0, 0.1) is 0 Å². The molecule has 5 nitrogen and oxygen atoms in total. The molecule has 25 heavy (non-hydrogen) atoms. The van der Waals surface area contributed by atoms with Crippen LogP contribution >= 0.6 is 0 Å². The molecule has 1 heterocycles. The Bertz CT molecular complexity index is 746. The molecule has 1 aliphatic heterocycles. The molecule has 2 aromatic carbocycles. The number of rotatable bonds is 5. The highest BCUT2D eigenvalue weighted by Gasteiger charge is 2.25. The second-order valence-electron chi connectivity index (χ2n) is 6.24. The van der Waals surface area contributed by atoms with Crippen molar-refractivity contribution in [3.63, 3.8) is 0 Å². The lowest BCUT2D eigenvalue weighted by Crippen LogP contribution is -2.36. The molecule has 0 saturated heterocycles. The van der Waals surface area contributed by atoms with E-state index in [1.165, 1.54) is 4.90 Å². The van der Waals surface area contributed by atoms with Crippen molar-refractivity contribution in [1.82, 2.24) is 4.90 Å². The van der Waals surface area contributed by atoms with Crippen molar-refractivity contribution in [2.24, 2.45) is 0 Å². The molecule has 1 atom stereocenters. The Labute approximate surface area is 147 Å². The summed E-state index contributed by atoms with van der Waals surface area (Å²) >= 11 is 0. The fraction of sp³-hybridized carbons (Fsp3) is 0.300. The van der Waals surface area contributed by atoms with Gasteiger partial charge in [-0.25, -0.2) is 0 Å². The molecule has 0 fully saturated rings. The van der Waals surface area contributed by atoms with Crippen LogP contribution in [0.2, 0.25) is 0 Å². The molecule has 0 bridgehead atoms.